The molecule has 0 aliphatic heterocycles. The van der Waals surface area contributed by atoms with Crippen LogP contribution in [0.1, 0.15) is 38.9 Å². The van der Waals surface area contributed by atoms with E-state index in [0.29, 0.717) is 5.56 Å². The summed E-state index contributed by atoms with van der Waals surface area (Å²) in [6.07, 6.45) is -0.690. The molecule has 1 heterocycles. The van der Waals surface area contributed by atoms with E-state index in [2.05, 4.69) is 15.5 Å². The molecule has 2 aromatic rings. The van der Waals surface area contributed by atoms with Crippen LogP contribution in [0.5, 0.6) is 0 Å². The van der Waals surface area contributed by atoms with Crippen molar-refractivity contribution in [3.63, 3.8) is 0 Å². The van der Waals surface area contributed by atoms with E-state index in [9.17, 15) is 15.0 Å². The average molecular weight is 347 g/mol. The molecule has 2 unspecified atom stereocenters. The highest BCUT2D eigenvalue weighted by atomic mass is 16.6. The molecule has 0 aliphatic carbocycles. The number of carbonyl (C=O) groups is 1. The lowest BCUT2D eigenvalue weighted by atomic mass is 10.00. The molecule has 7 nitrogen and oxygen atoms in total. The fraction of sp³-hybridized carbons (Fsp3) is 0.444. The number of amides is 1. The van der Waals surface area contributed by atoms with E-state index in [1.54, 1.807) is 39.1 Å². The van der Waals surface area contributed by atoms with Crippen LogP contribution in [0.4, 0.5) is 4.79 Å². The number of aromatic nitrogens is 2. The number of aromatic amines is 1. The summed E-state index contributed by atoms with van der Waals surface area (Å²) in [7, 11) is 0. The maximum Gasteiger partial charge on any atom is 0.407 e. The monoisotopic (exact) mass is 347 g/mol. The van der Waals surface area contributed by atoms with Crippen molar-refractivity contribution < 1.29 is 19.7 Å². The molecule has 2 atom stereocenters. The summed E-state index contributed by atoms with van der Waals surface area (Å²) >= 11 is 0. The number of rotatable bonds is 6. The Bertz CT molecular complexity index is 663. The van der Waals surface area contributed by atoms with Crippen LogP contribution in [-0.2, 0) is 4.74 Å². The van der Waals surface area contributed by atoms with Gasteiger partial charge in [0, 0.05) is 12.7 Å². The minimum absolute atomic E-state index is 0.208. The molecule has 2 rings (SSSR count). The highest BCUT2D eigenvalue weighted by Gasteiger charge is 2.20. The molecule has 0 spiro atoms. The molecule has 0 saturated carbocycles. The van der Waals surface area contributed by atoms with Crippen molar-refractivity contribution in [2.24, 2.45) is 0 Å². The maximum atomic E-state index is 11.5. The number of aliphatic hydroxyl groups is 2. The van der Waals surface area contributed by atoms with Crippen molar-refractivity contribution >= 4 is 6.09 Å². The fourth-order valence-electron chi connectivity index (χ4n) is 2.29. The van der Waals surface area contributed by atoms with E-state index in [1.807, 2.05) is 18.2 Å². The van der Waals surface area contributed by atoms with E-state index in [0.717, 1.165) is 11.3 Å². The third-order valence-electron chi connectivity index (χ3n) is 3.54. The lowest BCUT2D eigenvalue weighted by molar-refractivity contribution is 0.0123. The second kappa shape index (κ2) is 8.13. The predicted octanol–water partition coefficient (Wildman–Crippen LogP) is 2.39. The molecule has 0 radical (unpaired) electrons. The van der Waals surface area contributed by atoms with Crippen LogP contribution < -0.4 is 5.32 Å². The number of hydrogen-bond donors (Lipinski definition) is 4. The molecule has 1 amide bonds. The molecule has 1 aromatic carbocycles. The summed E-state index contributed by atoms with van der Waals surface area (Å²) in [5, 5.41) is 29.7. The molecular formula is C18H25N3O4. The minimum atomic E-state index is -1.03. The van der Waals surface area contributed by atoms with Gasteiger partial charge in [-0.15, -0.1) is 0 Å². The van der Waals surface area contributed by atoms with E-state index < -0.39 is 23.9 Å². The number of ether oxygens (including phenoxy) is 1. The number of carbonyl (C=O) groups excluding carboxylic acids is 1. The van der Waals surface area contributed by atoms with Crippen LogP contribution in [0.15, 0.2) is 36.5 Å². The quantitative estimate of drug-likeness (QED) is 0.642. The lowest BCUT2D eigenvalue weighted by Crippen LogP contribution is -2.34. The fourth-order valence-corrected chi connectivity index (χ4v) is 2.29. The van der Waals surface area contributed by atoms with Crippen molar-refractivity contribution in [2.75, 3.05) is 6.54 Å². The Morgan fingerprint density at radius 1 is 1.24 bits per heavy atom. The first-order valence-corrected chi connectivity index (χ1v) is 8.19. The summed E-state index contributed by atoms with van der Waals surface area (Å²) < 4.78 is 5.11. The van der Waals surface area contributed by atoms with Gasteiger partial charge in [0.25, 0.3) is 0 Å². The Morgan fingerprint density at radius 2 is 1.92 bits per heavy atom. The number of nitrogens with zero attached hydrogens (tertiary/aromatic N) is 1. The molecule has 7 heteroatoms. The van der Waals surface area contributed by atoms with Crippen molar-refractivity contribution in [1.82, 2.24) is 15.5 Å². The van der Waals surface area contributed by atoms with Gasteiger partial charge in [-0.3, -0.25) is 5.10 Å². The SMILES string of the molecule is CC(C)(C)OC(=O)NCCC(O)C(O)c1ccc(-c2ccn[nH]2)cc1. The number of H-pyrrole nitrogens is 1. The number of aliphatic hydroxyl groups excluding tert-OH is 2. The van der Waals surface area contributed by atoms with E-state index in [1.165, 1.54) is 0 Å². The molecule has 0 bridgehead atoms. The zero-order valence-electron chi connectivity index (χ0n) is 14.7. The second-order valence-electron chi connectivity index (χ2n) is 6.82. The normalized spacial score (nSPS) is 14.0. The van der Waals surface area contributed by atoms with Crippen molar-refractivity contribution in [3.05, 3.63) is 42.1 Å². The largest absolute Gasteiger partial charge is 0.444 e. The van der Waals surface area contributed by atoms with Crippen LogP contribution in [0.25, 0.3) is 11.3 Å². The lowest BCUT2D eigenvalue weighted by Gasteiger charge is -2.21. The zero-order chi connectivity index (χ0) is 18.4. The Morgan fingerprint density at radius 3 is 2.48 bits per heavy atom. The first-order valence-electron chi connectivity index (χ1n) is 8.19. The van der Waals surface area contributed by atoms with Gasteiger partial charge in [0.05, 0.1) is 11.8 Å². The summed E-state index contributed by atoms with van der Waals surface area (Å²) in [5.74, 6) is 0. The average Bonchev–Trinajstić information content (AvgIpc) is 3.07. The van der Waals surface area contributed by atoms with Gasteiger partial charge >= 0.3 is 6.09 Å². The smallest absolute Gasteiger partial charge is 0.407 e. The Balaban J connectivity index is 1.83. The zero-order valence-corrected chi connectivity index (χ0v) is 14.7. The summed E-state index contributed by atoms with van der Waals surface area (Å²) in [4.78, 5) is 11.5. The van der Waals surface area contributed by atoms with Crippen molar-refractivity contribution in [2.45, 2.75) is 45.0 Å². The van der Waals surface area contributed by atoms with Crippen molar-refractivity contribution in [3.8, 4) is 11.3 Å². The summed E-state index contributed by atoms with van der Waals surface area (Å²) in [6.45, 7) is 5.54. The molecular weight excluding hydrogens is 322 g/mol. The summed E-state index contributed by atoms with van der Waals surface area (Å²) in [6, 6.07) is 9.05. The second-order valence-corrected chi connectivity index (χ2v) is 6.82. The van der Waals surface area contributed by atoms with Gasteiger partial charge in [0.15, 0.2) is 0 Å². The third-order valence-corrected chi connectivity index (χ3v) is 3.54. The van der Waals surface area contributed by atoms with Gasteiger partial charge in [-0.1, -0.05) is 24.3 Å². The highest BCUT2D eigenvalue weighted by Crippen LogP contribution is 2.23. The number of nitrogens with one attached hydrogen (secondary N) is 2. The van der Waals surface area contributed by atoms with Gasteiger partial charge < -0.3 is 20.3 Å². The first kappa shape index (κ1) is 19.0. The van der Waals surface area contributed by atoms with Crippen LogP contribution in [-0.4, -0.2) is 44.8 Å². The molecule has 4 N–H and O–H groups in total. The van der Waals surface area contributed by atoms with Gasteiger partial charge in [0.2, 0.25) is 0 Å². The molecule has 0 fully saturated rings. The standard InChI is InChI=1S/C18H25N3O4/c1-18(2,3)25-17(24)19-10-9-15(22)16(23)13-6-4-12(5-7-13)14-8-11-20-21-14/h4-8,11,15-16,22-23H,9-10H2,1-3H3,(H,19,24)(H,20,21). The van der Waals surface area contributed by atoms with E-state index >= 15 is 0 Å². The number of alkyl carbamates (subject to hydrolysis) is 1. The summed E-state index contributed by atoms with van der Waals surface area (Å²) in [5.41, 5.74) is 1.85. The van der Waals surface area contributed by atoms with Crippen LogP contribution >= 0.6 is 0 Å². The number of hydrogen-bond acceptors (Lipinski definition) is 5. The first-order chi connectivity index (χ1) is 11.8. The van der Waals surface area contributed by atoms with Gasteiger partial charge in [0.1, 0.15) is 11.7 Å². The number of benzene rings is 1. The molecule has 25 heavy (non-hydrogen) atoms. The van der Waals surface area contributed by atoms with Gasteiger partial charge in [-0.05, 0) is 44.4 Å². The highest BCUT2D eigenvalue weighted by molar-refractivity contribution is 5.67. The molecule has 0 saturated heterocycles. The maximum absolute atomic E-state index is 11.5. The van der Waals surface area contributed by atoms with Gasteiger partial charge in [-0.25, -0.2) is 4.79 Å². The third kappa shape index (κ3) is 5.88. The van der Waals surface area contributed by atoms with E-state index in [-0.39, 0.29) is 13.0 Å². The molecule has 0 aliphatic rings. The van der Waals surface area contributed by atoms with Crippen LogP contribution in [0.3, 0.4) is 0 Å². The Hall–Kier alpha value is -2.38. The predicted molar refractivity (Wildman–Crippen MR) is 93.8 cm³/mol. The minimum Gasteiger partial charge on any atom is -0.444 e. The van der Waals surface area contributed by atoms with Gasteiger partial charge in [-0.2, -0.15) is 5.10 Å². The Kier molecular flexibility index (Phi) is 6.17. The van der Waals surface area contributed by atoms with Crippen LogP contribution in [0, 0.1) is 0 Å². The molecule has 136 valence electrons. The Labute approximate surface area is 147 Å². The van der Waals surface area contributed by atoms with Crippen LogP contribution in [0.2, 0.25) is 0 Å². The molecule has 1 aromatic heterocycles. The van der Waals surface area contributed by atoms with E-state index in [4.69, 9.17) is 4.74 Å². The van der Waals surface area contributed by atoms with Crippen molar-refractivity contribution in [1.29, 1.82) is 0 Å². The topological polar surface area (TPSA) is 107 Å².